The fourth-order valence-electron chi connectivity index (χ4n) is 6.46. The van der Waals surface area contributed by atoms with Gasteiger partial charge in [0, 0.05) is 23.2 Å². The van der Waals surface area contributed by atoms with E-state index in [4.69, 9.17) is 9.97 Å². The highest BCUT2D eigenvalue weighted by atomic mass is 15.1. The lowest BCUT2D eigenvalue weighted by molar-refractivity contribution is 1.16. The Morgan fingerprint density at radius 3 is 2.31 bits per heavy atom. The van der Waals surface area contributed by atoms with Crippen LogP contribution >= 0.6 is 0 Å². The number of fused-ring (bicyclic) bond motifs is 15. The summed E-state index contributed by atoms with van der Waals surface area (Å²) in [4.78, 5) is 14.3. The number of imidazole rings is 1. The normalized spacial score (nSPS) is 13.5. The van der Waals surface area contributed by atoms with Crippen molar-refractivity contribution in [3.05, 3.63) is 107 Å². The van der Waals surface area contributed by atoms with E-state index in [1.54, 1.807) is 6.20 Å². The Morgan fingerprint density at radius 2 is 1.37 bits per heavy atom. The number of nitrogens with zero attached hydrogens (tertiary/aromatic N) is 4. The van der Waals surface area contributed by atoms with Crippen molar-refractivity contribution in [1.82, 2.24) is 19.4 Å². The summed E-state index contributed by atoms with van der Waals surface area (Å²) in [6.45, 7) is 0. The summed E-state index contributed by atoms with van der Waals surface area (Å²) in [5, 5.41) is 3.51. The molecule has 0 N–H and O–H groups in total. The van der Waals surface area contributed by atoms with Gasteiger partial charge in [-0.15, -0.1) is 0 Å². The maximum atomic E-state index is 4.97. The van der Waals surface area contributed by atoms with Gasteiger partial charge in [-0.2, -0.15) is 0 Å². The molecule has 0 spiro atoms. The highest BCUT2D eigenvalue weighted by Gasteiger charge is 2.28. The Kier molecular flexibility index (Phi) is 3.11. The van der Waals surface area contributed by atoms with Gasteiger partial charge < -0.3 is 0 Å². The predicted octanol–water partition coefficient (Wildman–Crippen LogP) is 6.73. The fourth-order valence-corrected chi connectivity index (χ4v) is 6.46. The second kappa shape index (κ2) is 6.10. The highest BCUT2D eigenvalue weighted by molar-refractivity contribution is 6.14. The second-order valence-corrected chi connectivity index (χ2v) is 9.67. The molecule has 0 atom stereocenters. The van der Waals surface area contributed by atoms with E-state index in [0.717, 1.165) is 46.1 Å². The van der Waals surface area contributed by atoms with Gasteiger partial charge in [0.15, 0.2) is 5.65 Å². The quantitative estimate of drug-likeness (QED) is 0.243. The lowest BCUT2D eigenvalue weighted by Gasteiger charge is -2.10. The third-order valence-corrected chi connectivity index (χ3v) is 7.97. The van der Waals surface area contributed by atoms with Gasteiger partial charge in [0.05, 0.1) is 5.52 Å². The Bertz CT molecular complexity index is 2070. The number of aromatic nitrogens is 4. The van der Waals surface area contributed by atoms with E-state index in [1.165, 1.54) is 49.9 Å². The molecule has 35 heavy (non-hydrogen) atoms. The van der Waals surface area contributed by atoms with Gasteiger partial charge in [-0.05, 0) is 99.1 Å². The molecule has 3 aromatic carbocycles. The van der Waals surface area contributed by atoms with Gasteiger partial charge in [-0.25, -0.2) is 15.0 Å². The van der Waals surface area contributed by atoms with Crippen LogP contribution in [0.1, 0.15) is 22.3 Å². The lowest BCUT2D eigenvalue weighted by Crippen LogP contribution is -1.95. The van der Waals surface area contributed by atoms with E-state index < -0.39 is 0 Å². The third-order valence-electron chi connectivity index (χ3n) is 7.97. The Labute approximate surface area is 200 Å². The molecule has 0 bridgehead atoms. The van der Waals surface area contributed by atoms with Crippen molar-refractivity contribution in [3.63, 3.8) is 0 Å². The topological polar surface area (TPSA) is 43.1 Å². The minimum absolute atomic E-state index is 0.753. The number of benzene rings is 3. The minimum Gasteiger partial charge on any atom is -0.274 e. The van der Waals surface area contributed by atoms with Crippen LogP contribution in [0.15, 0.2) is 85.2 Å². The Hall–Kier alpha value is -4.57. The first kappa shape index (κ1) is 17.8. The van der Waals surface area contributed by atoms with Crippen molar-refractivity contribution in [1.29, 1.82) is 0 Å². The summed E-state index contributed by atoms with van der Waals surface area (Å²) in [5.41, 5.74) is 14.9. The molecule has 0 saturated heterocycles. The second-order valence-electron chi connectivity index (χ2n) is 9.67. The van der Waals surface area contributed by atoms with Gasteiger partial charge in [-0.3, -0.25) is 4.40 Å². The molecule has 4 heterocycles. The molecular weight excluding hydrogens is 428 g/mol. The van der Waals surface area contributed by atoms with Crippen molar-refractivity contribution >= 4 is 38.6 Å². The molecule has 0 saturated carbocycles. The average molecular weight is 447 g/mol. The van der Waals surface area contributed by atoms with Crippen LogP contribution in [0.2, 0.25) is 0 Å². The maximum absolute atomic E-state index is 4.97. The van der Waals surface area contributed by atoms with Gasteiger partial charge in [-0.1, -0.05) is 36.4 Å². The van der Waals surface area contributed by atoms with Crippen LogP contribution in [-0.4, -0.2) is 19.4 Å². The zero-order valence-electron chi connectivity index (χ0n) is 18.8. The van der Waals surface area contributed by atoms with E-state index in [9.17, 15) is 0 Å². The SMILES string of the molecule is c1ccc2c(c1)Cc1c-2ccc2c1Cc1cc3c4cccnc4n4c5cccnc5nc4c3cc1-2. The average Bonchev–Trinajstić information content (AvgIpc) is 3.59. The smallest absolute Gasteiger partial charge is 0.178 e. The van der Waals surface area contributed by atoms with Crippen LogP contribution in [0, 0.1) is 0 Å². The summed E-state index contributed by atoms with van der Waals surface area (Å²) >= 11 is 0. The Balaban J connectivity index is 1.38. The van der Waals surface area contributed by atoms with Crippen molar-refractivity contribution in [2.24, 2.45) is 0 Å². The first-order valence-electron chi connectivity index (χ1n) is 12.0. The summed E-state index contributed by atoms with van der Waals surface area (Å²) < 4.78 is 2.17. The summed E-state index contributed by atoms with van der Waals surface area (Å²) in [6, 6.07) is 26.5. The van der Waals surface area contributed by atoms with E-state index in [1.807, 2.05) is 18.3 Å². The first-order chi connectivity index (χ1) is 17.3. The molecule has 7 aromatic rings. The molecule has 4 aromatic heterocycles. The Morgan fingerprint density at radius 1 is 0.571 bits per heavy atom. The van der Waals surface area contributed by atoms with Crippen LogP contribution in [0.4, 0.5) is 0 Å². The number of hydrogen-bond donors (Lipinski definition) is 0. The fraction of sp³-hybridized carbons (Fsp3) is 0.0645. The van der Waals surface area contributed by atoms with Crippen molar-refractivity contribution < 1.29 is 0 Å². The van der Waals surface area contributed by atoms with Gasteiger partial charge in [0.2, 0.25) is 0 Å². The van der Waals surface area contributed by atoms with E-state index in [-0.39, 0.29) is 0 Å². The number of hydrogen-bond acceptors (Lipinski definition) is 3. The summed E-state index contributed by atoms with van der Waals surface area (Å²) in [5.74, 6) is 0. The largest absolute Gasteiger partial charge is 0.274 e. The minimum atomic E-state index is 0.753. The van der Waals surface area contributed by atoms with Crippen LogP contribution in [0.3, 0.4) is 0 Å². The van der Waals surface area contributed by atoms with Crippen LogP contribution in [0.5, 0.6) is 0 Å². The molecule has 0 aliphatic heterocycles. The molecule has 2 aliphatic rings. The maximum Gasteiger partial charge on any atom is 0.178 e. The monoisotopic (exact) mass is 446 g/mol. The molecule has 0 fully saturated rings. The van der Waals surface area contributed by atoms with Gasteiger partial charge >= 0.3 is 0 Å². The first-order valence-corrected chi connectivity index (χ1v) is 12.0. The van der Waals surface area contributed by atoms with E-state index >= 15 is 0 Å². The lowest BCUT2D eigenvalue weighted by atomic mass is 9.96. The molecule has 0 radical (unpaired) electrons. The molecule has 9 rings (SSSR count). The predicted molar refractivity (Wildman–Crippen MR) is 140 cm³/mol. The van der Waals surface area contributed by atoms with Crippen molar-refractivity contribution in [2.45, 2.75) is 12.8 Å². The van der Waals surface area contributed by atoms with E-state index in [0.29, 0.717) is 0 Å². The van der Waals surface area contributed by atoms with Gasteiger partial charge in [0.1, 0.15) is 11.3 Å². The molecular formula is C31H18N4. The number of rotatable bonds is 0. The molecule has 4 nitrogen and oxygen atoms in total. The van der Waals surface area contributed by atoms with Crippen molar-refractivity contribution in [3.8, 4) is 22.3 Å². The zero-order chi connectivity index (χ0) is 22.7. The van der Waals surface area contributed by atoms with Crippen LogP contribution < -0.4 is 0 Å². The molecule has 0 amide bonds. The van der Waals surface area contributed by atoms with Crippen LogP contribution in [-0.2, 0) is 12.8 Å². The highest BCUT2D eigenvalue weighted by Crippen LogP contribution is 2.48. The standard InChI is InChI=1S/C31H18N4/c1-2-6-19-17(5-1)13-24-20(19)9-10-21-23-16-27-26(15-18(23)14-25(21)24)22-7-3-12-33-30(22)35-28-8-4-11-32-29(28)34-31(27)35/h1-12,15-16H,13-14H2. The molecule has 2 aliphatic carbocycles. The van der Waals surface area contributed by atoms with E-state index in [2.05, 4.69) is 70.0 Å². The van der Waals surface area contributed by atoms with Gasteiger partial charge in [0.25, 0.3) is 0 Å². The molecule has 162 valence electrons. The molecule has 0 unspecified atom stereocenters. The summed E-state index contributed by atoms with van der Waals surface area (Å²) in [6.07, 6.45) is 5.67. The third kappa shape index (κ3) is 2.15. The molecule has 4 heteroatoms. The van der Waals surface area contributed by atoms with Crippen LogP contribution in [0.25, 0.3) is 60.9 Å². The number of pyridine rings is 3. The zero-order valence-corrected chi connectivity index (χ0v) is 18.8. The summed E-state index contributed by atoms with van der Waals surface area (Å²) in [7, 11) is 0. The van der Waals surface area contributed by atoms with Crippen molar-refractivity contribution in [2.75, 3.05) is 0 Å².